The summed E-state index contributed by atoms with van der Waals surface area (Å²) in [5, 5.41) is 14.9. The number of carbonyl (C=O) groups is 1. The first kappa shape index (κ1) is 18.4. The number of fused-ring (bicyclic) bond motifs is 1. The summed E-state index contributed by atoms with van der Waals surface area (Å²) < 4.78 is 2.59. The summed E-state index contributed by atoms with van der Waals surface area (Å²) in [4.78, 5) is 12.7. The van der Waals surface area contributed by atoms with E-state index in [4.69, 9.17) is 5.73 Å². The minimum Gasteiger partial charge on any atom is -0.314 e. The highest BCUT2D eigenvalue weighted by atomic mass is 79.9. The molecule has 0 aliphatic heterocycles. The maximum Gasteiger partial charge on any atom is 0.249 e. The van der Waals surface area contributed by atoms with Crippen molar-refractivity contribution in [2.75, 3.05) is 5.32 Å². The maximum atomic E-state index is 12.7. The second-order valence-corrected chi connectivity index (χ2v) is 6.59. The molecule has 0 saturated carbocycles. The van der Waals surface area contributed by atoms with E-state index in [1.807, 2.05) is 31.2 Å². The molecule has 9 heteroatoms. The molecule has 0 spiro atoms. The molecular weight excluding hydrogens is 396 g/mol. The number of aromatic amines is 1. The lowest BCUT2D eigenvalue weighted by molar-refractivity contribution is -0.120. The van der Waals surface area contributed by atoms with Gasteiger partial charge in [-0.05, 0) is 31.5 Å². The minimum absolute atomic E-state index is 0. The molecule has 0 fully saturated rings. The SMILES string of the molecule is Cc1nn(C)c2n[nH]c(NC(=O)C(C)(N)c3ccc(Br)cc3)c12.Cl. The molecule has 1 unspecified atom stereocenters. The van der Waals surface area contributed by atoms with Crippen molar-refractivity contribution in [3.63, 3.8) is 0 Å². The van der Waals surface area contributed by atoms with Crippen LogP contribution in [0.25, 0.3) is 11.0 Å². The average Bonchev–Trinajstić information content (AvgIpc) is 3.02. The number of hydrogen-bond acceptors (Lipinski definition) is 4. The lowest BCUT2D eigenvalue weighted by atomic mass is 9.92. The second kappa shape index (κ2) is 6.54. The molecule has 1 amide bonds. The predicted molar refractivity (Wildman–Crippen MR) is 99.2 cm³/mol. The van der Waals surface area contributed by atoms with E-state index in [2.05, 4.69) is 36.5 Å². The summed E-state index contributed by atoms with van der Waals surface area (Å²) in [5.74, 6) is 0.179. The van der Waals surface area contributed by atoms with Gasteiger partial charge in [-0.3, -0.25) is 9.89 Å². The van der Waals surface area contributed by atoms with Gasteiger partial charge in [0.15, 0.2) is 5.65 Å². The molecule has 4 N–H and O–H groups in total. The standard InChI is InChI=1S/C15H17BrN6O.ClH/c1-8-11-12(19-20-13(11)22(3)21-8)18-14(23)15(2,17)9-4-6-10(16)7-5-9;/h4-7H,17H2,1-3H3,(H2,18,19,20,23);1H. The number of hydrogen-bond donors (Lipinski definition) is 3. The number of benzene rings is 1. The molecule has 0 radical (unpaired) electrons. The molecule has 24 heavy (non-hydrogen) atoms. The number of rotatable bonds is 3. The second-order valence-electron chi connectivity index (χ2n) is 5.67. The Kier molecular flexibility index (Phi) is 5.03. The lowest BCUT2D eigenvalue weighted by Gasteiger charge is -2.23. The molecule has 0 aliphatic carbocycles. The average molecular weight is 414 g/mol. The first-order chi connectivity index (χ1) is 10.8. The van der Waals surface area contributed by atoms with Crippen molar-refractivity contribution in [2.24, 2.45) is 12.8 Å². The van der Waals surface area contributed by atoms with E-state index in [1.54, 1.807) is 18.7 Å². The molecule has 0 aliphatic rings. The fourth-order valence-electron chi connectivity index (χ4n) is 2.49. The number of nitrogens with zero attached hydrogens (tertiary/aromatic N) is 3. The van der Waals surface area contributed by atoms with E-state index in [1.165, 1.54) is 0 Å². The van der Waals surface area contributed by atoms with E-state index in [0.29, 0.717) is 11.5 Å². The Hall–Kier alpha value is -1.90. The molecule has 128 valence electrons. The molecule has 1 atom stereocenters. The summed E-state index contributed by atoms with van der Waals surface area (Å²) in [7, 11) is 1.80. The van der Waals surface area contributed by atoms with E-state index < -0.39 is 5.54 Å². The summed E-state index contributed by atoms with van der Waals surface area (Å²) in [5.41, 5.74) is 7.27. The normalized spacial score (nSPS) is 13.4. The number of H-pyrrole nitrogens is 1. The summed E-state index contributed by atoms with van der Waals surface area (Å²) in [6.07, 6.45) is 0. The number of anilines is 1. The fourth-order valence-corrected chi connectivity index (χ4v) is 2.76. The van der Waals surface area contributed by atoms with Gasteiger partial charge in [-0.25, -0.2) is 4.68 Å². The van der Waals surface area contributed by atoms with Crippen LogP contribution in [0.3, 0.4) is 0 Å². The zero-order valence-corrected chi connectivity index (χ0v) is 15.8. The summed E-state index contributed by atoms with van der Waals surface area (Å²) >= 11 is 3.37. The van der Waals surface area contributed by atoms with Gasteiger partial charge in [0, 0.05) is 11.5 Å². The third-order valence-electron chi connectivity index (χ3n) is 3.87. The quantitative estimate of drug-likeness (QED) is 0.614. The number of carbonyl (C=O) groups excluding carboxylic acids is 1. The van der Waals surface area contributed by atoms with Crippen molar-refractivity contribution < 1.29 is 4.79 Å². The molecule has 2 aromatic heterocycles. The molecule has 0 saturated heterocycles. The van der Waals surface area contributed by atoms with Crippen molar-refractivity contribution in [2.45, 2.75) is 19.4 Å². The number of halogens is 2. The Morgan fingerprint density at radius 3 is 2.62 bits per heavy atom. The first-order valence-corrected chi connectivity index (χ1v) is 7.84. The van der Waals surface area contributed by atoms with Gasteiger partial charge in [0.1, 0.15) is 11.4 Å². The minimum atomic E-state index is -1.17. The highest BCUT2D eigenvalue weighted by Gasteiger charge is 2.31. The van der Waals surface area contributed by atoms with Gasteiger partial charge in [-0.1, -0.05) is 28.1 Å². The number of nitrogens with one attached hydrogen (secondary N) is 2. The van der Waals surface area contributed by atoms with E-state index >= 15 is 0 Å². The van der Waals surface area contributed by atoms with Crippen molar-refractivity contribution in [1.29, 1.82) is 0 Å². The third-order valence-corrected chi connectivity index (χ3v) is 4.40. The third kappa shape index (κ3) is 3.04. The molecular formula is C15H18BrClN6O. The topological polar surface area (TPSA) is 102 Å². The number of amides is 1. The van der Waals surface area contributed by atoms with Gasteiger partial charge in [-0.2, -0.15) is 10.2 Å². The summed E-state index contributed by atoms with van der Waals surface area (Å²) in [6.45, 7) is 3.54. The zero-order chi connectivity index (χ0) is 16.8. The van der Waals surface area contributed by atoms with Crippen molar-refractivity contribution in [3.8, 4) is 0 Å². The van der Waals surface area contributed by atoms with Crippen LogP contribution in [-0.4, -0.2) is 25.9 Å². The van der Waals surface area contributed by atoms with Gasteiger partial charge < -0.3 is 11.1 Å². The predicted octanol–water partition coefficient (Wildman–Crippen LogP) is 2.60. The number of aryl methyl sites for hydroxylation is 2. The van der Waals surface area contributed by atoms with E-state index in [0.717, 1.165) is 21.1 Å². The largest absolute Gasteiger partial charge is 0.314 e. The van der Waals surface area contributed by atoms with Crippen molar-refractivity contribution >= 4 is 51.1 Å². The summed E-state index contributed by atoms with van der Waals surface area (Å²) in [6, 6.07) is 7.35. The van der Waals surface area contributed by atoms with Gasteiger partial charge in [0.2, 0.25) is 5.91 Å². The van der Waals surface area contributed by atoms with E-state index in [9.17, 15) is 4.79 Å². The van der Waals surface area contributed by atoms with Crippen LogP contribution >= 0.6 is 28.3 Å². The fraction of sp³-hybridized carbons (Fsp3) is 0.267. The lowest BCUT2D eigenvalue weighted by Crippen LogP contribution is -2.45. The van der Waals surface area contributed by atoms with Crippen LogP contribution < -0.4 is 11.1 Å². The van der Waals surface area contributed by atoms with Gasteiger partial charge in [-0.15, -0.1) is 12.4 Å². The Morgan fingerprint density at radius 2 is 2.00 bits per heavy atom. The highest BCUT2D eigenvalue weighted by molar-refractivity contribution is 9.10. The van der Waals surface area contributed by atoms with Crippen LogP contribution in [0.15, 0.2) is 28.7 Å². The zero-order valence-electron chi connectivity index (χ0n) is 13.4. The van der Waals surface area contributed by atoms with Crippen LogP contribution in [0.2, 0.25) is 0 Å². The molecule has 1 aromatic carbocycles. The molecule has 7 nitrogen and oxygen atoms in total. The van der Waals surface area contributed by atoms with Gasteiger partial charge >= 0.3 is 0 Å². The van der Waals surface area contributed by atoms with Crippen LogP contribution in [0.1, 0.15) is 18.2 Å². The molecule has 0 bridgehead atoms. The monoisotopic (exact) mass is 412 g/mol. The van der Waals surface area contributed by atoms with Gasteiger partial charge in [0.25, 0.3) is 0 Å². The van der Waals surface area contributed by atoms with Crippen LogP contribution in [0.5, 0.6) is 0 Å². The number of aromatic nitrogens is 4. The Morgan fingerprint density at radius 1 is 1.38 bits per heavy atom. The number of nitrogens with two attached hydrogens (primary N) is 1. The maximum absolute atomic E-state index is 12.7. The highest BCUT2D eigenvalue weighted by Crippen LogP contribution is 2.26. The smallest absolute Gasteiger partial charge is 0.249 e. The van der Waals surface area contributed by atoms with E-state index in [-0.39, 0.29) is 18.3 Å². The van der Waals surface area contributed by atoms with Crippen LogP contribution in [0, 0.1) is 6.92 Å². The van der Waals surface area contributed by atoms with Gasteiger partial charge in [0.05, 0.1) is 11.1 Å². The molecule has 2 heterocycles. The van der Waals surface area contributed by atoms with Crippen molar-refractivity contribution in [1.82, 2.24) is 20.0 Å². The Balaban J connectivity index is 0.00000208. The van der Waals surface area contributed by atoms with Crippen LogP contribution in [0.4, 0.5) is 5.82 Å². The van der Waals surface area contributed by atoms with Crippen LogP contribution in [-0.2, 0) is 17.4 Å². The van der Waals surface area contributed by atoms with Crippen molar-refractivity contribution in [3.05, 3.63) is 40.0 Å². The Labute approximate surface area is 153 Å². The molecule has 3 aromatic rings. The Bertz CT molecular complexity index is 883. The first-order valence-electron chi connectivity index (χ1n) is 7.04. The molecule has 3 rings (SSSR count).